The summed E-state index contributed by atoms with van der Waals surface area (Å²) in [5, 5.41) is 2.57. The summed E-state index contributed by atoms with van der Waals surface area (Å²) >= 11 is -0.826. The van der Waals surface area contributed by atoms with Crippen LogP contribution < -0.4 is 0 Å². The van der Waals surface area contributed by atoms with Gasteiger partial charge in [0.1, 0.15) is 0 Å². The van der Waals surface area contributed by atoms with E-state index in [2.05, 4.69) is 84.9 Å². The van der Waals surface area contributed by atoms with Crippen LogP contribution in [0.15, 0.2) is 78.9 Å². The van der Waals surface area contributed by atoms with Crippen molar-refractivity contribution in [3.8, 4) is 22.3 Å². The molecule has 0 heterocycles. The maximum absolute atomic E-state index is 4.93. The molecule has 0 bridgehead atoms. The van der Waals surface area contributed by atoms with Crippen LogP contribution in [0.25, 0.3) is 33.0 Å². The Morgan fingerprint density at radius 2 is 1.38 bits per heavy atom. The van der Waals surface area contributed by atoms with Crippen molar-refractivity contribution in [2.45, 2.75) is 6.42 Å². The van der Waals surface area contributed by atoms with Crippen LogP contribution in [0.3, 0.4) is 0 Å². The van der Waals surface area contributed by atoms with Crippen LogP contribution in [0.4, 0.5) is 0 Å². The Balaban J connectivity index is 0.000000527. The molecule has 0 amide bonds. The SMILES string of the molecule is [Cl][Zr][Cl].[c-]1c(-c2cccc3ccccc23)ccc2c1Cc1ccccc1-2. The minimum atomic E-state index is -0.826. The van der Waals surface area contributed by atoms with Crippen molar-refractivity contribution in [3.63, 3.8) is 0 Å². The molecule has 26 heavy (non-hydrogen) atoms. The molecule has 0 fully saturated rings. The van der Waals surface area contributed by atoms with Gasteiger partial charge in [0.2, 0.25) is 0 Å². The average molecular weight is 454 g/mol. The van der Waals surface area contributed by atoms with Crippen LogP contribution in [0.5, 0.6) is 0 Å². The van der Waals surface area contributed by atoms with Gasteiger partial charge in [0.15, 0.2) is 0 Å². The largest absolute Gasteiger partial charge is 0.143 e. The standard InChI is InChI=1S/C23H15.2ClH.Zr/c1-3-9-20-16(6-1)8-5-11-22(20)18-12-13-23-19(15-18)14-17-7-2-4-10-21(17)23;;;/h1-13H,14H2;2*1H;/q-1;;;+2/p-2. The molecule has 1 aliphatic carbocycles. The Hall–Kier alpha value is -1.40. The average Bonchev–Trinajstić information content (AvgIpc) is 3.06. The van der Waals surface area contributed by atoms with Gasteiger partial charge < -0.3 is 0 Å². The van der Waals surface area contributed by atoms with Crippen LogP contribution in [-0.4, -0.2) is 0 Å². The quantitative estimate of drug-likeness (QED) is 0.235. The van der Waals surface area contributed by atoms with E-state index in [1.165, 1.54) is 44.2 Å². The predicted molar refractivity (Wildman–Crippen MR) is 108 cm³/mol. The van der Waals surface area contributed by atoms with E-state index < -0.39 is 20.8 Å². The Kier molecular flexibility index (Phi) is 5.60. The van der Waals surface area contributed by atoms with E-state index in [1.807, 2.05) is 0 Å². The molecule has 0 atom stereocenters. The van der Waals surface area contributed by atoms with Gasteiger partial charge in [-0.2, -0.15) is 0 Å². The topological polar surface area (TPSA) is 0 Å². The molecular formula is C23H15Cl2Zr-. The molecule has 0 aromatic heterocycles. The number of hydrogen-bond acceptors (Lipinski definition) is 0. The normalized spacial score (nSPS) is 11.3. The van der Waals surface area contributed by atoms with E-state index in [0.29, 0.717) is 0 Å². The number of benzene rings is 4. The second-order valence-corrected chi connectivity index (χ2v) is 9.93. The molecule has 3 heteroatoms. The molecule has 0 aliphatic heterocycles. The Labute approximate surface area is 172 Å². The summed E-state index contributed by atoms with van der Waals surface area (Å²) in [6.45, 7) is 0. The molecule has 1 aliphatic rings. The summed E-state index contributed by atoms with van der Waals surface area (Å²) in [5.41, 5.74) is 7.88. The third-order valence-corrected chi connectivity index (χ3v) is 4.78. The summed E-state index contributed by atoms with van der Waals surface area (Å²) in [6.07, 6.45) is 0.990. The smallest absolute Gasteiger partial charge is 0.0195 e. The van der Waals surface area contributed by atoms with Gasteiger partial charge in [0, 0.05) is 0 Å². The zero-order valence-electron chi connectivity index (χ0n) is 14.0. The van der Waals surface area contributed by atoms with Gasteiger partial charge in [-0.3, -0.25) is 0 Å². The van der Waals surface area contributed by atoms with Gasteiger partial charge in [0.05, 0.1) is 0 Å². The second-order valence-electron chi connectivity index (χ2n) is 6.20. The van der Waals surface area contributed by atoms with E-state index in [1.54, 1.807) is 0 Å². The Bertz CT molecular complexity index is 1070. The Morgan fingerprint density at radius 1 is 0.692 bits per heavy atom. The van der Waals surface area contributed by atoms with Gasteiger partial charge in [-0.1, -0.05) is 88.8 Å². The first-order valence-electron chi connectivity index (χ1n) is 8.39. The summed E-state index contributed by atoms with van der Waals surface area (Å²) in [5.74, 6) is 0. The van der Waals surface area contributed by atoms with Crippen LogP contribution in [0.1, 0.15) is 11.1 Å². The summed E-state index contributed by atoms with van der Waals surface area (Å²) in [6, 6.07) is 31.9. The van der Waals surface area contributed by atoms with Gasteiger partial charge in [0.25, 0.3) is 0 Å². The van der Waals surface area contributed by atoms with E-state index >= 15 is 0 Å². The fourth-order valence-corrected chi connectivity index (χ4v) is 3.68. The molecule has 0 N–H and O–H groups in total. The van der Waals surface area contributed by atoms with E-state index in [4.69, 9.17) is 17.0 Å². The van der Waals surface area contributed by atoms with Crippen molar-refractivity contribution >= 4 is 27.8 Å². The van der Waals surface area contributed by atoms with Crippen molar-refractivity contribution in [2.24, 2.45) is 0 Å². The molecule has 0 saturated heterocycles. The van der Waals surface area contributed by atoms with Gasteiger partial charge in [-0.05, 0) is 17.4 Å². The van der Waals surface area contributed by atoms with Crippen molar-refractivity contribution < 1.29 is 20.8 Å². The van der Waals surface area contributed by atoms with Crippen molar-refractivity contribution in [3.05, 3.63) is 96.1 Å². The summed E-state index contributed by atoms with van der Waals surface area (Å²) < 4.78 is 0. The van der Waals surface area contributed by atoms with Crippen LogP contribution in [0, 0.1) is 6.07 Å². The third-order valence-electron chi connectivity index (χ3n) is 4.78. The number of rotatable bonds is 1. The molecule has 4 aromatic carbocycles. The van der Waals surface area contributed by atoms with E-state index in [9.17, 15) is 0 Å². The van der Waals surface area contributed by atoms with Crippen LogP contribution >= 0.6 is 17.0 Å². The molecule has 4 aromatic rings. The van der Waals surface area contributed by atoms with Crippen molar-refractivity contribution in [2.75, 3.05) is 0 Å². The molecule has 0 spiro atoms. The summed E-state index contributed by atoms with van der Waals surface area (Å²) in [7, 11) is 9.87. The fraction of sp³-hybridized carbons (Fsp3) is 0.0435. The molecule has 126 valence electrons. The molecule has 0 unspecified atom stereocenters. The molecule has 0 radical (unpaired) electrons. The molecule has 0 nitrogen and oxygen atoms in total. The number of halogens is 2. The van der Waals surface area contributed by atoms with Crippen LogP contribution in [-0.2, 0) is 27.3 Å². The molecule has 5 rings (SSSR count). The van der Waals surface area contributed by atoms with Gasteiger partial charge in [-0.25, -0.2) is 0 Å². The van der Waals surface area contributed by atoms with E-state index in [-0.39, 0.29) is 0 Å². The first kappa shape index (κ1) is 18.0. The molecule has 0 saturated carbocycles. The van der Waals surface area contributed by atoms with Crippen molar-refractivity contribution in [1.29, 1.82) is 0 Å². The predicted octanol–water partition coefficient (Wildman–Crippen LogP) is 7.25. The second kappa shape index (κ2) is 8.09. The van der Waals surface area contributed by atoms with Gasteiger partial charge >= 0.3 is 37.9 Å². The zero-order chi connectivity index (χ0) is 17.9. The maximum atomic E-state index is 4.93. The Morgan fingerprint density at radius 3 is 2.27 bits per heavy atom. The minimum absolute atomic E-state index is 0.826. The number of fused-ring (bicyclic) bond motifs is 4. The third kappa shape index (κ3) is 3.41. The van der Waals surface area contributed by atoms with Gasteiger partial charge in [-0.15, -0.1) is 29.3 Å². The summed E-state index contributed by atoms with van der Waals surface area (Å²) in [4.78, 5) is 0. The number of hydrogen-bond donors (Lipinski definition) is 0. The van der Waals surface area contributed by atoms with Crippen molar-refractivity contribution in [1.82, 2.24) is 0 Å². The van der Waals surface area contributed by atoms with E-state index in [0.717, 1.165) is 6.42 Å². The maximum Gasteiger partial charge on any atom is -0.0195 e. The first-order chi connectivity index (χ1) is 12.8. The monoisotopic (exact) mass is 451 g/mol. The molecular weight excluding hydrogens is 438 g/mol. The van der Waals surface area contributed by atoms with Crippen LogP contribution in [0.2, 0.25) is 0 Å². The first-order valence-corrected chi connectivity index (χ1v) is 14.7. The fourth-order valence-electron chi connectivity index (χ4n) is 3.68. The minimum Gasteiger partial charge on any atom is -0.143 e. The zero-order valence-corrected chi connectivity index (χ0v) is 17.9.